The summed E-state index contributed by atoms with van der Waals surface area (Å²) < 4.78 is 0. The number of nitrogens with one attached hydrogen (secondary N) is 1. The predicted octanol–water partition coefficient (Wildman–Crippen LogP) is 0.0991. The average Bonchev–Trinajstić information content (AvgIpc) is 2.66. The van der Waals surface area contributed by atoms with Crippen molar-refractivity contribution in [3.63, 3.8) is 0 Å². The molecule has 0 aliphatic carbocycles. The average molecular weight is 218 g/mol. The van der Waals surface area contributed by atoms with Crippen LogP contribution in [0.5, 0.6) is 0 Å². The van der Waals surface area contributed by atoms with Crippen LogP contribution in [-0.4, -0.2) is 22.2 Å². The van der Waals surface area contributed by atoms with Gasteiger partial charge >= 0.3 is 0 Å². The third-order valence-corrected chi connectivity index (χ3v) is 2.55. The fraction of sp³-hybridized carbons (Fsp3) is 0.273. The van der Waals surface area contributed by atoms with Crippen molar-refractivity contribution < 1.29 is 15.0 Å². The first-order valence-electron chi connectivity index (χ1n) is 4.81. The predicted molar refractivity (Wildman–Crippen MR) is 55.4 cm³/mol. The van der Waals surface area contributed by atoms with E-state index < -0.39 is 12.2 Å². The summed E-state index contributed by atoms with van der Waals surface area (Å²) >= 11 is 0. The number of amides is 1. The molecule has 0 fully saturated rings. The Balaban J connectivity index is 2.41. The standard InChI is InChI=1S/C11H10N2O3/c12-5-8(14)11(16)7-3-1-2-6-4-9(15)13-10(6)7/h1-3,8,11,14,16H,4H2,(H,13,15). The summed E-state index contributed by atoms with van der Waals surface area (Å²) in [5.41, 5.74) is 1.65. The van der Waals surface area contributed by atoms with Crippen molar-refractivity contribution in [2.75, 3.05) is 5.32 Å². The van der Waals surface area contributed by atoms with Crippen molar-refractivity contribution in [1.82, 2.24) is 0 Å². The van der Waals surface area contributed by atoms with Crippen LogP contribution in [0.3, 0.4) is 0 Å². The lowest BCUT2D eigenvalue weighted by molar-refractivity contribution is -0.115. The quantitative estimate of drug-likeness (QED) is 0.614. The first kappa shape index (κ1) is 10.6. The molecule has 2 unspecified atom stereocenters. The first-order valence-corrected chi connectivity index (χ1v) is 4.81. The van der Waals surface area contributed by atoms with E-state index in [0.717, 1.165) is 5.56 Å². The Morgan fingerprint density at radius 2 is 2.19 bits per heavy atom. The summed E-state index contributed by atoms with van der Waals surface area (Å²) in [6.45, 7) is 0. The number of hydrogen-bond donors (Lipinski definition) is 3. The molecule has 2 rings (SSSR count). The van der Waals surface area contributed by atoms with Gasteiger partial charge in [0.2, 0.25) is 5.91 Å². The second kappa shape index (κ2) is 3.93. The Labute approximate surface area is 91.9 Å². The highest BCUT2D eigenvalue weighted by Gasteiger charge is 2.26. The van der Waals surface area contributed by atoms with Crippen LogP contribution in [0.15, 0.2) is 18.2 Å². The highest BCUT2D eigenvalue weighted by molar-refractivity contribution is 6.00. The van der Waals surface area contributed by atoms with Gasteiger partial charge < -0.3 is 15.5 Å². The van der Waals surface area contributed by atoms with Crippen molar-refractivity contribution >= 4 is 11.6 Å². The van der Waals surface area contributed by atoms with Crippen LogP contribution in [0.4, 0.5) is 5.69 Å². The van der Waals surface area contributed by atoms with E-state index in [-0.39, 0.29) is 12.3 Å². The zero-order valence-electron chi connectivity index (χ0n) is 8.34. The topological polar surface area (TPSA) is 93.3 Å². The molecule has 1 aliphatic rings. The minimum absolute atomic E-state index is 0.152. The molecule has 5 heteroatoms. The van der Waals surface area contributed by atoms with Crippen molar-refractivity contribution in [1.29, 1.82) is 5.26 Å². The molecule has 0 saturated carbocycles. The van der Waals surface area contributed by atoms with Gasteiger partial charge in [-0.05, 0) is 5.56 Å². The maximum atomic E-state index is 11.2. The zero-order valence-corrected chi connectivity index (χ0v) is 8.34. The molecular weight excluding hydrogens is 208 g/mol. The third kappa shape index (κ3) is 1.65. The van der Waals surface area contributed by atoms with Crippen molar-refractivity contribution in [2.45, 2.75) is 18.6 Å². The van der Waals surface area contributed by atoms with Gasteiger partial charge in [0.25, 0.3) is 0 Å². The van der Waals surface area contributed by atoms with E-state index in [4.69, 9.17) is 5.26 Å². The molecule has 1 aromatic rings. The van der Waals surface area contributed by atoms with E-state index in [9.17, 15) is 15.0 Å². The van der Waals surface area contributed by atoms with Crippen LogP contribution >= 0.6 is 0 Å². The lowest BCUT2D eigenvalue weighted by atomic mass is 10.00. The van der Waals surface area contributed by atoms with E-state index >= 15 is 0 Å². The smallest absolute Gasteiger partial charge is 0.228 e. The summed E-state index contributed by atoms with van der Waals surface area (Å²) in [5.74, 6) is -0.152. The van der Waals surface area contributed by atoms with Crippen LogP contribution in [0, 0.1) is 11.3 Å². The summed E-state index contributed by atoms with van der Waals surface area (Å²) in [4.78, 5) is 11.2. The Bertz CT molecular complexity index is 479. The second-order valence-corrected chi connectivity index (χ2v) is 3.63. The molecule has 1 aliphatic heterocycles. The molecule has 3 N–H and O–H groups in total. The number of nitriles is 1. The highest BCUT2D eigenvalue weighted by Crippen LogP contribution is 2.32. The van der Waals surface area contributed by atoms with Crippen molar-refractivity contribution in [2.24, 2.45) is 0 Å². The molecule has 1 heterocycles. The lowest BCUT2D eigenvalue weighted by Gasteiger charge is -2.15. The van der Waals surface area contributed by atoms with Gasteiger partial charge in [-0.2, -0.15) is 5.26 Å². The maximum Gasteiger partial charge on any atom is 0.228 e. The number of nitrogens with zero attached hydrogens (tertiary/aromatic N) is 1. The van der Waals surface area contributed by atoms with Gasteiger partial charge in [-0.1, -0.05) is 18.2 Å². The second-order valence-electron chi connectivity index (χ2n) is 3.63. The van der Waals surface area contributed by atoms with Crippen LogP contribution in [0.1, 0.15) is 17.2 Å². The number of aliphatic hydroxyl groups excluding tert-OH is 2. The minimum atomic E-state index is -1.50. The third-order valence-electron chi connectivity index (χ3n) is 2.55. The maximum absolute atomic E-state index is 11.2. The van der Waals surface area contributed by atoms with Gasteiger partial charge in [-0.3, -0.25) is 4.79 Å². The van der Waals surface area contributed by atoms with Gasteiger partial charge in [-0.25, -0.2) is 0 Å². The van der Waals surface area contributed by atoms with Crippen LogP contribution in [0.25, 0.3) is 0 Å². The number of hydrogen-bond acceptors (Lipinski definition) is 4. The van der Waals surface area contributed by atoms with E-state index in [2.05, 4.69) is 5.32 Å². The number of rotatable bonds is 2. The van der Waals surface area contributed by atoms with Crippen molar-refractivity contribution in [3.8, 4) is 6.07 Å². The number of aliphatic hydroxyl groups is 2. The number of benzene rings is 1. The zero-order chi connectivity index (χ0) is 11.7. The largest absolute Gasteiger partial charge is 0.384 e. The molecule has 0 saturated heterocycles. The Kier molecular flexibility index (Phi) is 2.60. The molecule has 0 spiro atoms. The Morgan fingerprint density at radius 1 is 1.44 bits per heavy atom. The van der Waals surface area contributed by atoms with Crippen LogP contribution in [0.2, 0.25) is 0 Å². The number of para-hydroxylation sites is 1. The van der Waals surface area contributed by atoms with Gasteiger partial charge in [0, 0.05) is 5.56 Å². The molecule has 82 valence electrons. The number of anilines is 1. The molecular formula is C11H10N2O3. The molecule has 0 aromatic heterocycles. The van der Waals surface area contributed by atoms with Gasteiger partial charge in [0.05, 0.1) is 18.2 Å². The number of fused-ring (bicyclic) bond motifs is 1. The number of carbonyl (C=O) groups excluding carboxylic acids is 1. The van der Waals surface area contributed by atoms with Crippen molar-refractivity contribution in [3.05, 3.63) is 29.3 Å². The summed E-state index contributed by atoms with van der Waals surface area (Å²) in [6, 6.07) is 6.59. The fourth-order valence-electron chi connectivity index (χ4n) is 1.76. The minimum Gasteiger partial charge on any atom is -0.384 e. The summed E-state index contributed by atoms with van der Waals surface area (Å²) in [6.07, 6.45) is -2.54. The monoisotopic (exact) mass is 218 g/mol. The molecule has 2 atom stereocenters. The van der Waals surface area contributed by atoms with Crippen LogP contribution in [-0.2, 0) is 11.2 Å². The molecule has 1 aromatic carbocycles. The highest BCUT2D eigenvalue weighted by atomic mass is 16.3. The number of carbonyl (C=O) groups is 1. The molecule has 1 amide bonds. The SMILES string of the molecule is N#CC(O)C(O)c1cccc2c1NC(=O)C2. The van der Waals surface area contributed by atoms with E-state index in [0.29, 0.717) is 11.3 Å². The van der Waals surface area contributed by atoms with Gasteiger partial charge in [0.1, 0.15) is 6.10 Å². The molecule has 5 nitrogen and oxygen atoms in total. The first-order chi connectivity index (χ1) is 7.63. The van der Waals surface area contributed by atoms with Gasteiger partial charge in [-0.15, -0.1) is 0 Å². The summed E-state index contributed by atoms with van der Waals surface area (Å²) in [7, 11) is 0. The molecule has 0 radical (unpaired) electrons. The molecule has 16 heavy (non-hydrogen) atoms. The summed E-state index contributed by atoms with van der Waals surface area (Å²) in [5, 5.41) is 30.1. The fourth-order valence-corrected chi connectivity index (χ4v) is 1.76. The molecule has 0 bridgehead atoms. The van der Waals surface area contributed by atoms with E-state index in [1.807, 2.05) is 0 Å². The van der Waals surface area contributed by atoms with Crippen LogP contribution < -0.4 is 5.32 Å². The normalized spacial score (nSPS) is 17.2. The van der Waals surface area contributed by atoms with E-state index in [1.165, 1.54) is 0 Å². The van der Waals surface area contributed by atoms with E-state index in [1.54, 1.807) is 24.3 Å². The lowest BCUT2D eigenvalue weighted by Crippen LogP contribution is -2.17. The Morgan fingerprint density at radius 3 is 2.88 bits per heavy atom. The Hall–Kier alpha value is -1.90. The van der Waals surface area contributed by atoms with Gasteiger partial charge in [0.15, 0.2) is 6.10 Å².